The lowest BCUT2D eigenvalue weighted by Gasteiger charge is -2.30. The molecule has 3 rings (SSSR count). The molecule has 1 aliphatic heterocycles. The summed E-state index contributed by atoms with van der Waals surface area (Å²) in [6, 6.07) is 12.5. The number of hydrogen-bond acceptors (Lipinski definition) is 1. The molecule has 0 fully saturated rings. The van der Waals surface area contributed by atoms with Gasteiger partial charge in [-0.3, -0.25) is 4.79 Å². The number of hydrogen-bond donors (Lipinski definition) is 0. The predicted octanol–water partition coefficient (Wildman–Crippen LogP) is 4.19. The number of carbonyl (C=O) groups is 1. The highest BCUT2D eigenvalue weighted by Crippen LogP contribution is 2.26. The average molecular weight is 358 g/mol. The number of fused-ring (bicyclic) bond motifs is 1. The van der Waals surface area contributed by atoms with E-state index in [1.54, 1.807) is 0 Å². The van der Waals surface area contributed by atoms with Crippen molar-refractivity contribution in [3.05, 3.63) is 68.7 Å². The van der Waals surface area contributed by atoms with Crippen LogP contribution in [0, 0.1) is 13.8 Å². The first kappa shape index (κ1) is 15.3. The predicted molar refractivity (Wildman–Crippen MR) is 92.9 cm³/mol. The van der Waals surface area contributed by atoms with E-state index in [9.17, 15) is 4.79 Å². The Hall–Kier alpha value is -1.61. The van der Waals surface area contributed by atoms with E-state index in [2.05, 4.69) is 54.0 Å². The summed E-state index contributed by atoms with van der Waals surface area (Å²) in [5.74, 6) is 0.219. The summed E-state index contributed by atoms with van der Waals surface area (Å²) in [5, 5.41) is 0. The molecule has 1 aliphatic rings. The fraction of sp³-hybridized carbons (Fsp3) is 0.316. The first-order valence-electron chi connectivity index (χ1n) is 7.64. The van der Waals surface area contributed by atoms with Gasteiger partial charge in [-0.1, -0.05) is 45.8 Å². The molecular formula is C19H20BrNO. The molecule has 2 aromatic carbocycles. The Morgan fingerprint density at radius 2 is 1.91 bits per heavy atom. The SMILES string of the molecule is Cc1ccc(CC(=O)N2CCc3cc(Br)cc(C)c3C2)cc1. The fourth-order valence-corrected chi connectivity index (χ4v) is 3.64. The van der Waals surface area contributed by atoms with Crippen LogP contribution in [0.1, 0.15) is 27.8 Å². The van der Waals surface area contributed by atoms with Crippen molar-refractivity contribution in [3.8, 4) is 0 Å². The van der Waals surface area contributed by atoms with Crippen molar-refractivity contribution in [3.63, 3.8) is 0 Å². The maximum atomic E-state index is 12.6. The van der Waals surface area contributed by atoms with Crippen LogP contribution in [-0.4, -0.2) is 17.4 Å². The van der Waals surface area contributed by atoms with E-state index in [1.165, 1.54) is 22.3 Å². The van der Waals surface area contributed by atoms with Crippen LogP contribution in [0.2, 0.25) is 0 Å². The second kappa shape index (κ2) is 6.25. The lowest BCUT2D eigenvalue weighted by Crippen LogP contribution is -2.37. The van der Waals surface area contributed by atoms with Crippen molar-refractivity contribution in [1.29, 1.82) is 0 Å². The maximum absolute atomic E-state index is 12.6. The zero-order chi connectivity index (χ0) is 15.7. The van der Waals surface area contributed by atoms with Crippen LogP contribution in [0.25, 0.3) is 0 Å². The van der Waals surface area contributed by atoms with E-state index in [1.807, 2.05) is 17.0 Å². The molecule has 2 nitrogen and oxygen atoms in total. The molecule has 0 N–H and O–H groups in total. The van der Waals surface area contributed by atoms with Crippen LogP contribution in [0.15, 0.2) is 40.9 Å². The van der Waals surface area contributed by atoms with E-state index in [0.29, 0.717) is 6.42 Å². The highest BCUT2D eigenvalue weighted by molar-refractivity contribution is 9.10. The minimum absolute atomic E-state index is 0.219. The summed E-state index contributed by atoms with van der Waals surface area (Å²) in [7, 11) is 0. The number of carbonyl (C=O) groups excluding carboxylic acids is 1. The summed E-state index contributed by atoms with van der Waals surface area (Å²) >= 11 is 3.55. The van der Waals surface area contributed by atoms with Gasteiger partial charge in [-0.25, -0.2) is 0 Å². The minimum Gasteiger partial charge on any atom is -0.338 e. The third kappa shape index (κ3) is 3.25. The molecule has 0 spiro atoms. The molecule has 0 aromatic heterocycles. The summed E-state index contributed by atoms with van der Waals surface area (Å²) in [6.07, 6.45) is 1.43. The van der Waals surface area contributed by atoms with Crippen molar-refractivity contribution in [1.82, 2.24) is 4.90 Å². The number of rotatable bonds is 2. The van der Waals surface area contributed by atoms with Crippen molar-refractivity contribution >= 4 is 21.8 Å². The van der Waals surface area contributed by atoms with Gasteiger partial charge in [-0.15, -0.1) is 0 Å². The zero-order valence-corrected chi connectivity index (χ0v) is 14.6. The summed E-state index contributed by atoms with van der Waals surface area (Å²) in [5.41, 5.74) is 6.26. The van der Waals surface area contributed by atoms with E-state index < -0.39 is 0 Å². The van der Waals surface area contributed by atoms with E-state index in [0.717, 1.165) is 29.5 Å². The number of nitrogens with zero attached hydrogens (tertiary/aromatic N) is 1. The Morgan fingerprint density at radius 3 is 2.64 bits per heavy atom. The van der Waals surface area contributed by atoms with E-state index >= 15 is 0 Å². The Balaban J connectivity index is 1.74. The van der Waals surface area contributed by atoms with Gasteiger partial charge in [0.05, 0.1) is 6.42 Å². The summed E-state index contributed by atoms with van der Waals surface area (Å²) < 4.78 is 1.13. The molecule has 0 atom stereocenters. The molecule has 3 heteroatoms. The second-order valence-corrected chi connectivity index (χ2v) is 7.00. The molecule has 114 valence electrons. The average Bonchev–Trinajstić information content (AvgIpc) is 2.49. The normalized spacial score (nSPS) is 13.9. The highest BCUT2D eigenvalue weighted by Gasteiger charge is 2.22. The van der Waals surface area contributed by atoms with Gasteiger partial charge < -0.3 is 4.90 Å². The van der Waals surface area contributed by atoms with Crippen molar-refractivity contribution in [2.45, 2.75) is 33.2 Å². The Morgan fingerprint density at radius 1 is 1.18 bits per heavy atom. The molecule has 0 aliphatic carbocycles. The summed E-state index contributed by atoms with van der Waals surface area (Å²) in [4.78, 5) is 14.5. The topological polar surface area (TPSA) is 20.3 Å². The Kier molecular flexibility index (Phi) is 4.34. The molecule has 0 bridgehead atoms. The molecule has 0 saturated carbocycles. The molecule has 1 amide bonds. The van der Waals surface area contributed by atoms with Gasteiger partial charge in [0.2, 0.25) is 5.91 Å². The van der Waals surface area contributed by atoms with Gasteiger partial charge in [0.15, 0.2) is 0 Å². The molecule has 0 unspecified atom stereocenters. The van der Waals surface area contributed by atoms with Gasteiger partial charge in [0, 0.05) is 17.6 Å². The number of benzene rings is 2. The first-order valence-corrected chi connectivity index (χ1v) is 8.43. The third-order valence-corrected chi connectivity index (χ3v) is 4.82. The summed E-state index contributed by atoms with van der Waals surface area (Å²) in [6.45, 7) is 5.73. The van der Waals surface area contributed by atoms with Crippen molar-refractivity contribution in [2.75, 3.05) is 6.54 Å². The van der Waals surface area contributed by atoms with Crippen molar-refractivity contribution in [2.24, 2.45) is 0 Å². The fourth-order valence-electron chi connectivity index (χ4n) is 3.02. The monoisotopic (exact) mass is 357 g/mol. The van der Waals surface area contributed by atoms with Gasteiger partial charge >= 0.3 is 0 Å². The van der Waals surface area contributed by atoms with Crippen LogP contribution in [-0.2, 0) is 24.2 Å². The molecule has 22 heavy (non-hydrogen) atoms. The molecule has 1 heterocycles. The Bertz CT molecular complexity index is 706. The minimum atomic E-state index is 0.219. The lowest BCUT2D eigenvalue weighted by atomic mass is 9.95. The number of halogens is 1. The molecule has 0 radical (unpaired) electrons. The van der Waals surface area contributed by atoms with Gasteiger partial charge in [0.25, 0.3) is 0 Å². The molecule has 0 saturated heterocycles. The lowest BCUT2D eigenvalue weighted by molar-refractivity contribution is -0.131. The van der Waals surface area contributed by atoms with Crippen molar-refractivity contribution < 1.29 is 4.79 Å². The van der Waals surface area contributed by atoms with Gasteiger partial charge in [-0.2, -0.15) is 0 Å². The third-order valence-electron chi connectivity index (χ3n) is 4.36. The van der Waals surface area contributed by atoms with E-state index in [-0.39, 0.29) is 5.91 Å². The Labute approximate surface area is 140 Å². The number of amides is 1. The first-order chi connectivity index (χ1) is 10.5. The van der Waals surface area contributed by atoms with Crippen LogP contribution in [0.3, 0.4) is 0 Å². The van der Waals surface area contributed by atoms with Crippen LogP contribution < -0.4 is 0 Å². The highest BCUT2D eigenvalue weighted by atomic mass is 79.9. The zero-order valence-electron chi connectivity index (χ0n) is 13.0. The smallest absolute Gasteiger partial charge is 0.227 e. The number of aryl methyl sites for hydroxylation is 2. The largest absolute Gasteiger partial charge is 0.338 e. The van der Waals surface area contributed by atoms with Crippen LogP contribution in [0.5, 0.6) is 0 Å². The quantitative estimate of drug-likeness (QED) is 0.788. The second-order valence-electron chi connectivity index (χ2n) is 6.09. The van der Waals surface area contributed by atoms with E-state index in [4.69, 9.17) is 0 Å². The van der Waals surface area contributed by atoms with Gasteiger partial charge in [-0.05, 0) is 54.7 Å². The van der Waals surface area contributed by atoms with Crippen LogP contribution in [0.4, 0.5) is 0 Å². The standard InChI is InChI=1S/C19H20BrNO/c1-13-3-5-15(6-4-13)10-19(22)21-8-7-16-11-17(20)9-14(2)18(16)12-21/h3-6,9,11H,7-8,10,12H2,1-2H3. The molecule has 2 aromatic rings. The molecular weight excluding hydrogens is 338 g/mol. The maximum Gasteiger partial charge on any atom is 0.227 e. The van der Waals surface area contributed by atoms with Crippen LogP contribution >= 0.6 is 15.9 Å². The van der Waals surface area contributed by atoms with Gasteiger partial charge in [0.1, 0.15) is 0 Å².